The second-order valence-electron chi connectivity index (χ2n) is 3.46. The molecule has 1 heteroatoms. The number of rotatable bonds is 0. The largest absolute Gasteiger partial charge is 0.114 e. The van der Waals surface area contributed by atoms with Crippen molar-refractivity contribution in [3.05, 3.63) is 34.9 Å². The van der Waals surface area contributed by atoms with E-state index in [1.165, 1.54) is 22.3 Å². The van der Waals surface area contributed by atoms with Gasteiger partial charge in [-0.1, -0.05) is 29.2 Å². The molecule has 1 aromatic carbocycles. The van der Waals surface area contributed by atoms with E-state index in [-0.39, 0.29) is 0 Å². The van der Waals surface area contributed by atoms with Crippen LogP contribution in [0.4, 0.5) is 0 Å². The average molecular weight is 154 g/mol. The fourth-order valence-corrected chi connectivity index (χ4v) is 1.78. The lowest BCUT2D eigenvalue weighted by molar-refractivity contribution is 1.20. The summed E-state index contributed by atoms with van der Waals surface area (Å²) in [6.45, 7) is 4.34. The molecule has 58 valence electrons. The maximum atomic E-state index is 5.87. The lowest BCUT2D eigenvalue weighted by atomic mass is 9.87. The van der Waals surface area contributed by atoms with Gasteiger partial charge in [0.2, 0.25) is 0 Å². The minimum absolute atomic E-state index is 0.934. The smallest absolute Gasteiger partial charge is 0.0926 e. The molecule has 0 saturated heterocycles. The van der Waals surface area contributed by atoms with Crippen LogP contribution in [0.3, 0.4) is 0 Å². The molecule has 0 heterocycles. The molecule has 0 spiro atoms. The van der Waals surface area contributed by atoms with Crippen LogP contribution >= 0.6 is 0 Å². The zero-order chi connectivity index (χ0) is 8.72. The molecule has 0 bridgehead atoms. The van der Waals surface area contributed by atoms with E-state index in [4.69, 9.17) is 7.85 Å². The van der Waals surface area contributed by atoms with Crippen molar-refractivity contribution in [1.82, 2.24) is 0 Å². The molecule has 0 aliphatic heterocycles. The van der Waals surface area contributed by atoms with Crippen molar-refractivity contribution in [1.29, 1.82) is 0 Å². The van der Waals surface area contributed by atoms with E-state index < -0.39 is 0 Å². The van der Waals surface area contributed by atoms with Crippen molar-refractivity contribution in [2.45, 2.75) is 20.3 Å². The predicted molar refractivity (Wildman–Crippen MR) is 53.8 cm³/mol. The van der Waals surface area contributed by atoms with Crippen LogP contribution in [-0.2, 0) is 6.42 Å². The summed E-state index contributed by atoms with van der Waals surface area (Å²) in [5.74, 6) is 0. The summed E-state index contributed by atoms with van der Waals surface area (Å²) >= 11 is 0. The third-order valence-corrected chi connectivity index (χ3v) is 2.70. The lowest BCUT2D eigenvalue weighted by Crippen LogP contribution is -2.09. The zero-order valence-corrected chi connectivity index (χ0v) is 7.52. The molecular weight excluding hydrogens is 143 g/mol. The van der Waals surface area contributed by atoms with E-state index >= 15 is 0 Å². The molecule has 0 saturated carbocycles. The summed E-state index contributed by atoms with van der Waals surface area (Å²) in [5.41, 5.74) is 6.43. The Morgan fingerprint density at radius 2 is 2.00 bits per heavy atom. The fourth-order valence-electron chi connectivity index (χ4n) is 1.78. The van der Waals surface area contributed by atoms with Crippen molar-refractivity contribution in [2.75, 3.05) is 0 Å². The van der Waals surface area contributed by atoms with Gasteiger partial charge < -0.3 is 0 Å². The van der Waals surface area contributed by atoms with Crippen molar-refractivity contribution >= 4 is 18.9 Å². The third-order valence-electron chi connectivity index (χ3n) is 2.70. The minimum Gasteiger partial charge on any atom is -0.0926 e. The standard InChI is InChI=1S/C11H11B/c1-7-6-10-9(8(7)2)4-3-5-11(10)12/h3-5H,6H2,1-2H3. The summed E-state index contributed by atoms with van der Waals surface area (Å²) < 4.78 is 0. The van der Waals surface area contributed by atoms with Crippen LogP contribution < -0.4 is 5.46 Å². The van der Waals surface area contributed by atoms with E-state index in [0.717, 1.165) is 11.9 Å². The highest BCUT2D eigenvalue weighted by Gasteiger charge is 2.15. The second-order valence-corrected chi connectivity index (χ2v) is 3.46. The van der Waals surface area contributed by atoms with Crippen LogP contribution in [0.25, 0.3) is 5.57 Å². The van der Waals surface area contributed by atoms with Crippen molar-refractivity contribution in [3.63, 3.8) is 0 Å². The SMILES string of the molecule is [B]c1cccc2c1CC(C)=C2C. The Balaban J connectivity index is 2.64. The van der Waals surface area contributed by atoms with Crippen LogP contribution in [0.1, 0.15) is 25.0 Å². The summed E-state index contributed by atoms with van der Waals surface area (Å²) in [5, 5.41) is 0. The Morgan fingerprint density at radius 3 is 2.67 bits per heavy atom. The lowest BCUT2D eigenvalue weighted by Gasteiger charge is -2.03. The molecule has 0 aromatic heterocycles. The molecular formula is C11H11B. The molecule has 0 N–H and O–H groups in total. The van der Waals surface area contributed by atoms with E-state index in [1.54, 1.807) is 0 Å². The van der Waals surface area contributed by atoms with Gasteiger partial charge in [0.25, 0.3) is 0 Å². The Bertz CT molecular complexity index is 361. The molecule has 1 aliphatic carbocycles. The Labute approximate surface area is 74.7 Å². The average Bonchev–Trinajstić information content (AvgIpc) is 2.32. The third kappa shape index (κ3) is 0.928. The number of hydrogen-bond donors (Lipinski definition) is 0. The summed E-state index contributed by atoms with van der Waals surface area (Å²) in [6, 6.07) is 6.15. The Kier molecular flexibility index (Phi) is 1.60. The highest BCUT2D eigenvalue weighted by Crippen LogP contribution is 2.30. The first-order valence-corrected chi connectivity index (χ1v) is 4.24. The van der Waals surface area contributed by atoms with Gasteiger partial charge in [-0.3, -0.25) is 0 Å². The van der Waals surface area contributed by atoms with Crippen LogP contribution in [0, 0.1) is 0 Å². The highest BCUT2D eigenvalue weighted by molar-refractivity contribution is 6.33. The van der Waals surface area contributed by atoms with Crippen molar-refractivity contribution in [2.24, 2.45) is 0 Å². The normalized spacial score (nSPS) is 15.2. The van der Waals surface area contributed by atoms with Gasteiger partial charge in [0, 0.05) is 0 Å². The molecule has 2 rings (SSSR count). The van der Waals surface area contributed by atoms with Crippen molar-refractivity contribution < 1.29 is 0 Å². The first-order chi connectivity index (χ1) is 5.70. The van der Waals surface area contributed by atoms with E-state index in [0.29, 0.717) is 0 Å². The van der Waals surface area contributed by atoms with Gasteiger partial charge >= 0.3 is 0 Å². The monoisotopic (exact) mass is 154 g/mol. The Morgan fingerprint density at radius 1 is 1.25 bits per heavy atom. The molecule has 0 fully saturated rings. The molecule has 0 atom stereocenters. The maximum absolute atomic E-state index is 5.87. The van der Waals surface area contributed by atoms with Crippen LogP contribution in [0.2, 0.25) is 0 Å². The molecule has 0 nitrogen and oxygen atoms in total. The van der Waals surface area contributed by atoms with E-state index in [9.17, 15) is 0 Å². The van der Waals surface area contributed by atoms with Crippen LogP contribution in [0.5, 0.6) is 0 Å². The minimum atomic E-state index is 0.934. The number of hydrogen-bond acceptors (Lipinski definition) is 0. The molecule has 0 amide bonds. The topological polar surface area (TPSA) is 0 Å². The van der Waals surface area contributed by atoms with Gasteiger partial charge in [-0.25, -0.2) is 0 Å². The van der Waals surface area contributed by atoms with E-state index in [1.807, 2.05) is 12.1 Å². The molecule has 1 aliphatic rings. The maximum Gasteiger partial charge on any atom is 0.114 e. The second kappa shape index (κ2) is 2.51. The molecule has 12 heavy (non-hydrogen) atoms. The fraction of sp³-hybridized carbons (Fsp3) is 0.273. The summed E-state index contributed by atoms with van der Waals surface area (Å²) in [6.07, 6.45) is 1.04. The van der Waals surface area contributed by atoms with E-state index in [2.05, 4.69) is 19.9 Å². The highest BCUT2D eigenvalue weighted by atomic mass is 14.2. The predicted octanol–water partition coefficient (Wildman–Crippen LogP) is 1.83. The quantitative estimate of drug-likeness (QED) is 0.500. The first kappa shape index (κ1) is 7.66. The first-order valence-electron chi connectivity index (χ1n) is 4.24. The van der Waals surface area contributed by atoms with Crippen LogP contribution in [0.15, 0.2) is 23.8 Å². The van der Waals surface area contributed by atoms with Gasteiger partial charge in [0.15, 0.2) is 0 Å². The van der Waals surface area contributed by atoms with Crippen LogP contribution in [-0.4, -0.2) is 7.85 Å². The zero-order valence-electron chi connectivity index (χ0n) is 7.52. The summed E-state index contributed by atoms with van der Waals surface area (Å²) in [4.78, 5) is 0. The van der Waals surface area contributed by atoms with Gasteiger partial charge in [-0.15, -0.1) is 0 Å². The van der Waals surface area contributed by atoms with Gasteiger partial charge in [-0.05, 0) is 37.0 Å². The molecule has 0 unspecified atom stereocenters. The molecule has 2 radical (unpaired) electrons. The summed E-state index contributed by atoms with van der Waals surface area (Å²) in [7, 11) is 5.87. The van der Waals surface area contributed by atoms with Gasteiger partial charge in [0.05, 0.1) is 0 Å². The van der Waals surface area contributed by atoms with Crippen molar-refractivity contribution in [3.8, 4) is 0 Å². The van der Waals surface area contributed by atoms with Gasteiger partial charge in [0.1, 0.15) is 7.85 Å². The number of allylic oxidation sites excluding steroid dienone is 2. The Hall–Kier alpha value is -0.975. The number of benzene rings is 1. The van der Waals surface area contributed by atoms with Gasteiger partial charge in [-0.2, -0.15) is 0 Å². The number of fused-ring (bicyclic) bond motifs is 1. The molecule has 1 aromatic rings.